The highest BCUT2D eigenvalue weighted by Gasteiger charge is 2.08. The molecule has 0 saturated heterocycles. The second-order valence-electron chi connectivity index (χ2n) is 5.89. The van der Waals surface area contributed by atoms with Crippen LogP contribution in [0.4, 0.5) is 0 Å². The van der Waals surface area contributed by atoms with E-state index in [1.54, 1.807) is 11.3 Å². The van der Waals surface area contributed by atoms with Crippen LogP contribution in [0.2, 0.25) is 0 Å². The van der Waals surface area contributed by atoms with Crippen molar-refractivity contribution in [2.24, 2.45) is 12.0 Å². The number of aromatic nitrogens is 1. The Morgan fingerprint density at radius 1 is 1.00 bits per heavy atom. The van der Waals surface area contributed by atoms with E-state index in [1.807, 2.05) is 54.1 Å². The average Bonchev–Trinajstić information content (AvgIpc) is 2.89. The van der Waals surface area contributed by atoms with Gasteiger partial charge >= 0.3 is 0 Å². The summed E-state index contributed by atoms with van der Waals surface area (Å²) in [5, 5.41) is 2.17. The van der Waals surface area contributed by atoms with Crippen LogP contribution >= 0.6 is 11.3 Å². The molecule has 1 amide bonds. The van der Waals surface area contributed by atoms with E-state index in [0.29, 0.717) is 10.4 Å². The van der Waals surface area contributed by atoms with Crippen LogP contribution in [0.3, 0.4) is 0 Å². The van der Waals surface area contributed by atoms with Crippen LogP contribution in [0, 0.1) is 6.92 Å². The second kappa shape index (κ2) is 5.73. The van der Waals surface area contributed by atoms with E-state index in [0.717, 1.165) is 21.0 Å². The first-order chi connectivity index (χ1) is 11.6. The molecule has 3 nitrogen and oxygen atoms in total. The van der Waals surface area contributed by atoms with Crippen molar-refractivity contribution in [2.75, 3.05) is 0 Å². The fraction of sp³-hybridized carbons (Fsp3) is 0.100. The van der Waals surface area contributed by atoms with Crippen molar-refractivity contribution in [3.8, 4) is 0 Å². The molecule has 0 aliphatic heterocycles. The smallest absolute Gasteiger partial charge is 0.279 e. The Balaban J connectivity index is 1.81. The summed E-state index contributed by atoms with van der Waals surface area (Å²) in [5.41, 5.74) is 2.91. The lowest BCUT2D eigenvalue weighted by Gasteiger charge is -2.00. The largest absolute Gasteiger partial charge is 0.319 e. The number of thiazole rings is 1. The third-order valence-corrected chi connectivity index (χ3v) is 5.25. The van der Waals surface area contributed by atoms with Crippen molar-refractivity contribution in [3.05, 3.63) is 76.6 Å². The predicted octanol–water partition coefficient (Wildman–Crippen LogP) is 4.44. The van der Waals surface area contributed by atoms with Gasteiger partial charge in [0.25, 0.3) is 5.91 Å². The molecule has 0 saturated carbocycles. The Morgan fingerprint density at radius 3 is 2.62 bits per heavy atom. The van der Waals surface area contributed by atoms with Crippen LogP contribution in [0.1, 0.15) is 15.9 Å². The zero-order valence-corrected chi connectivity index (χ0v) is 14.3. The average molecular weight is 332 g/mol. The van der Waals surface area contributed by atoms with Gasteiger partial charge in [0.2, 0.25) is 0 Å². The molecule has 0 N–H and O–H groups in total. The summed E-state index contributed by atoms with van der Waals surface area (Å²) in [6, 6.07) is 20.0. The Bertz CT molecular complexity index is 1150. The van der Waals surface area contributed by atoms with Crippen LogP contribution in [0.15, 0.2) is 65.7 Å². The first kappa shape index (κ1) is 14.8. The highest BCUT2D eigenvalue weighted by molar-refractivity contribution is 7.16. The number of nitrogens with zero attached hydrogens (tertiary/aromatic N) is 2. The number of carbonyl (C=O) groups is 1. The topological polar surface area (TPSA) is 34.4 Å². The van der Waals surface area contributed by atoms with E-state index < -0.39 is 0 Å². The van der Waals surface area contributed by atoms with Gasteiger partial charge in [-0.15, -0.1) is 0 Å². The third-order valence-electron chi connectivity index (χ3n) is 4.16. The number of carbonyl (C=O) groups excluding carboxylic acids is 1. The summed E-state index contributed by atoms with van der Waals surface area (Å²) in [7, 11) is 1.95. The van der Waals surface area contributed by atoms with Gasteiger partial charge < -0.3 is 4.57 Å². The zero-order chi connectivity index (χ0) is 16.7. The summed E-state index contributed by atoms with van der Waals surface area (Å²) < 4.78 is 3.11. The lowest BCUT2D eigenvalue weighted by atomic mass is 10.1. The molecule has 1 aromatic heterocycles. The number of aryl methyl sites for hydroxylation is 2. The number of hydrogen-bond donors (Lipinski definition) is 0. The first-order valence-corrected chi connectivity index (χ1v) is 8.57. The molecule has 0 spiro atoms. The molecule has 0 radical (unpaired) electrons. The number of rotatable bonds is 1. The fourth-order valence-corrected chi connectivity index (χ4v) is 3.94. The Kier molecular flexibility index (Phi) is 3.54. The van der Waals surface area contributed by atoms with Crippen LogP contribution in [-0.4, -0.2) is 10.5 Å². The van der Waals surface area contributed by atoms with E-state index in [1.165, 1.54) is 5.56 Å². The van der Waals surface area contributed by atoms with Gasteiger partial charge in [0.1, 0.15) is 0 Å². The molecule has 0 unspecified atom stereocenters. The minimum Gasteiger partial charge on any atom is -0.319 e. The molecule has 4 heteroatoms. The molecule has 1 heterocycles. The Hall–Kier alpha value is -2.72. The van der Waals surface area contributed by atoms with E-state index in [4.69, 9.17) is 0 Å². The highest BCUT2D eigenvalue weighted by Crippen LogP contribution is 2.19. The molecule has 4 aromatic rings. The molecule has 0 aliphatic rings. The molecule has 0 aliphatic carbocycles. The zero-order valence-electron chi connectivity index (χ0n) is 13.5. The van der Waals surface area contributed by atoms with E-state index in [9.17, 15) is 4.79 Å². The number of fused-ring (bicyclic) bond motifs is 2. The van der Waals surface area contributed by atoms with Gasteiger partial charge in [-0.05, 0) is 47.5 Å². The molecular formula is C20H16N2OS. The second-order valence-corrected chi connectivity index (χ2v) is 6.90. The first-order valence-electron chi connectivity index (χ1n) is 7.76. The molecule has 3 aromatic carbocycles. The van der Waals surface area contributed by atoms with Crippen LogP contribution in [0.25, 0.3) is 21.0 Å². The normalized spacial score (nSPS) is 12.2. The van der Waals surface area contributed by atoms with Crippen molar-refractivity contribution >= 4 is 38.2 Å². The maximum atomic E-state index is 12.6. The van der Waals surface area contributed by atoms with E-state index in [2.05, 4.69) is 30.1 Å². The summed E-state index contributed by atoms with van der Waals surface area (Å²) >= 11 is 1.54. The van der Waals surface area contributed by atoms with Gasteiger partial charge in [0.05, 0.1) is 10.2 Å². The third kappa shape index (κ3) is 2.55. The van der Waals surface area contributed by atoms with Crippen molar-refractivity contribution in [1.29, 1.82) is 0 Å². The van der Waals surface area contributed by atoms with E-state index >= 15 is 0 Å². The van der Waals surface area contributed by atoms with Crippen molar-refractivity contribution in [3.63, 3.8) is 0 Å². The standard InChI is InChI=1S/C20H16N2OS/c1-13-7-10-17-18(11-13)24-20(22(17)2)21-19(23)16-9-8-14-5-3-4-6-15(14)12-16/h3-12H,1-2H3. The minimum atomic E-state index is -0.209. The van der Waals surface area contributed by atoms with Crippen LogP contribution < -0.4 is 4.80 Å². The quantitative estimate of drug-likeness (QED) is 0.507. The van der Waals surface area contributed by atoms with Crippen LogP contribution in [0.5, 0.6) is 0 Å². The van der Waals surface area contributed by atoms with Gasteiger partial charge in [0.15, 0.2) is 4.80 Å². The van der Waals surface area contributed by atoms with Crippen LogP contribution in [-0.2, 0) is 7.05 Å². The Morgan fingerprint density at radius 2 is 1.79 bits per heavy atom. The summed E-state index contributed by atoms with van der Waals surface area (Å²) in [4.78, 5) is 17.6. The van der Waals surface area contributed by atoms with Gasteiger partial charge in [-0.25, -0.2) is 0 Å². The van der Waals surface area contributed by atoms with Gasteiger partial charge in [-0.2, -0.15) is 4.99 Å². The monoisotopic (exact) mass is 332 g/mol. The number of hydrogen-bond acceptors (Lipinski definition) is 2. The summed E-state index contributed by atoms with van der Waals surface area (Å²) in [5.74, 6) is -0.209. The Labute approximate surface area is 143 Å². The van der Waals surface area contributed by atoms with Crippen molar-refractivity contribution in [1.82, 2.24) is 4.57 Å². The van der Waals surface area contributed by atoms with Crippen molar-refractivity contribution in [2.45, 2.75) is 6.92 Å². The molecule has 0 bridgehead atoms. The lowest BCUT2D eigenvalue weighted by Crippen LogP contribution is -2.13. The van der Waals surface area contributed by atoms with Gasteiger partial charge in [0, 0.05) is 12.6 Å². The fourth-order valence-electron chi connectivity index (χ4n) is 2.82. The summed E-state index contributed by atoms with van der Waals surface area (Å²) in [6.45, 7) is 2.07. The lowest BCUT2D eigenvalue weighted by molar-refractivity contribution is 0.0998. The molecule has 4 rings (SSSR count). The minimum absolute atomic E-state index is 0.209. The number of benzene rings is 3. The maximum absolute atomic E-state index is 12.6. The van der Waals surface area contributed by atoms with Crippen molar-refractivity contribution < 1.29 is 4.79 Å². The maximum Gasteiger partial charge on any atom is 0.279 e. The van der Waals surface area contributed by atoms with Gasteiger partial charge in [-0.1, -0.05) is 47.7 Å². The summed E-state index contributed by atoms with van der Waals surface area (Å²) in [6.07, 6.45) is 0. The van der Waals surface area contributed by atoms with Gasteiger partial charge in [-0.3, -0.25) is 4.79 Å². The molecular weight excluding hydrogens is 316 g/mol. The van der Waals surface area contributed by atoms with E-state index in [-0.39, 0.29) is 5.91 Å². The SMILES string of the molecule is Cc1ccc2c(c1)sc(=NC(=O)c1ccc3ccccc3c1)n2C. The number of amides is 1. The highest BCUT2D eigenvalue weighted by atomic mass is 32.1. The molecule has 0 atom stereocenters. The molecule has 24 heavy (non-hydrogen) atoms. The molecule has 118 valence electrons. The molecule has 0 fully saturated rings. The predicted molar refractivity (Wildman–Crippen MR) is 99.4 cm³/mol.